The smallest absolute Gasteiger partial charge is 0.336 e. The number of ether oxygens (including phenoxy) is 2. The maximum absolute atomic E-state index is 10.8. The van der Waals surface area contributed by atoms with Gasteiger partial charge in [-0.1, -0.05) is 60.7 Å². The highest BCUT2D eigenvalue weighted by atomic mass is 32.2. The molecule has 0 aromatic heterocycles. The summed E-state index contributed by atoms with van der Waals surface area (Å²) in [5, 5.41) is 9.17. The Balaban J connectivity index is 0.000000402. The Bertz CT molecular complexity index is 1550. The van der Waals surface area contributed by atoms with E-state index >= 15 is 0 Å². The number of rotatable bonds is 10. The van der Waals surface area contributed by atoms with E-state index < -0.39 is 20.2 Å². The van der Waals surface area contributed by atoms with Gasteiger partial charge < -0.3 is 18.6 Å². The van der Waals surface area contributed by atoms with E-state index in [9.17, 15) is 25.9 Å². The van der Waals surface area contributed by atoms with Gasteiger partial charge in [-0.25, -0.2) is 16.8 Å². The summed E-state index contributed by atoms with van der Waals surface area (Å²) in [6.45, 7) is 0.260. The fourth-order valence-corrected chi connectivity index (χ4v) is 4.24. The quantitative estimate of drug-likeness (QED) is 0.0483. The molecule has 4 aromatic rings. The van der Waals surface area contributed by atoms with E-state index in [1.807, 2.05) is 0 Å². The van der Waals surface area contributed by atoms with Crippen LogP contribution in [0.4, 0.5) is 0 Å². The van der Waals surface area contributed by atoms with Crippen LogP contribution in [-0.4, -0.2) is 51.1 Å². The van der Waals surface area contributed by atoms with E-state index in [1.54, 1.807) is 0 Å². The molecule has 0 spiro atoms. The Morgan fingerprint density at radius 3 is 1.02 bits per heavy atom. The van der Waals surface area contributed by atoms with E-state index in [-0.39, 0.29) is 34.9 Å². The first-order valence-electron chi connectivity index (χ1n) is 13.3. The van der Waals surface area contributed by atoms with E-state index in [1.165, 1.54) is 35.4 Å². The maximum atomic E-state index is 10.8. The lowest BCUT2D eigenvalue weighted by Gasteiger charge is -2.11. The highest BCUT2D eigenvalue weighted by Crippen LogP contribution is 2.17. The molecule has 0 bridgehead atoms. The molecule has 0 aliphatic rings. The molecular formula is C30H38N6O8S2. The highest BCUT2D eigenvalue weighted by Gasteiger charge is 2.03. The number of aryl methyl sites for hydroxylation is 2. The largest absolute Gasteiger partial charge is 0.744 e. The minimum atomic E-state index is -4.49. The molecule has 0 unspecified atom stereocenters. The first-order chi connectivity index (χ1) is 21.6. The molecule has 0 atom stereocenters. The van der Waals surface area contributed by atoms with Crippen LogP contribution in [0.2, 0.25) is 0 Å². The van der Waals surface area contributed by atoms with Crippen LogP contribution >= 0.6 is 0 Å². The van der Waals surface area contributed by atoms with Gasteiger partial charge in [-0.3, -0.25) is 33.8 Å². The third kappa shape index (κ3) is 18.5. The number of hydrogen-bond donors (Lipinski definition) is 6. The number of guanidine groups is 2. The number of benzene rings is 4. The molecule has 12 N–H and O–H groups in total. The summed E-state index contributed by atoms with van der Waals surface area (Å²) in [4.78, 5) is -0.695. The van der Waals surface area contributed by atoms with Crippen LogP contribution in [0.25, 0.3) is 0 Å². The average Bonchev–Trinajstić information content (AvgIpc) is 2.99. The van der Waals surface area contributed by atoms with Gasteiger partial charge in [0.2, 0.25) is 0 Å². The second kappa shape index (κ2) is 20.0. The monoisotopic (exact) mass is 674 g/mol. The normalized spacial score (nSPS) is 10.3. The summed E-state index contributed by atoms with van der Waals surface area (Å²) >= 11 is 0. The predicted molar refractivity (Wildman–Crippen MR) is 171 cm³/mol. The van der Waals surface area contributed by atoms with Gasteiger partial charge in [0.1, 0.15) is 44.9 Å². The first-order valence-corrected chi connectivity index (χ1v) is 16.1. The Labute approximate surface area is 268 Å². The number of nitrogens with two attached hydrogens (primary N) is 6. The van der Waals surface area contributed by atoms with Crippen molar-refractivity contribution in [1.29, 1.82) is 0 Å². The van der Waals surface area contributed by atoms with Crippen LogP contribution in [0.1, 0.15) is 11.1 Å². The summed E-state index contributed by atoms with van der Waals surface area (Å²) in [7, 11) is -8.98. The van der Waals surface area contributed by atoms with Crippen molar-refractivity contribution in [1.82, 2.24) is 0 Å². The lowest BCUT2D eigenvalue weighted by molar-refractivity contribution is -0.117. The van der Waals surface area contributed by atoms with Gasteiger partial charge in [-0.15, -0.1) is 0 Å². The molecule has 0 saturated carbocycles. The van der Waals surface area contributed by atoms with Crippen molar-refractivity contribution in [3.63, 3.8) is 0 Å². The molecule has 0 radical (unpaired) electrons. The first kappa shape index (κ1) is 38.9. The summed E-state index contributed by atoms with van der Waals surface area (Å²) in [5.41, 5.74) is 21.2. The van der Waals surface area contributed by atoms with E-state index in [0.717, 1.165) is 37.1 Å². The second-order valence-corrected chi connectivity index (χ2v) is 11.8. The zero-order valence-electron chi connectivity index (χ0n) is 24.8. The van der Waals surface area contributed by atoms with Crippen molar-refractivity contribution >= 4 is 32.2 Å². The molecule has 4 aromatic carbocycles. The topological polar surface area (TPSA) is 288 Å². The summed E-state index contributed by atoms with van der Waals surface area (Å²) in [5.74, 6) is 0.553. The lowest BCUT2D eigenvalue weighted by atomic mass is 10.0. The zero-order valence-corrected chi connectivity index (χ0v) is 26.4. The Hall–Kier alpha value is -5.16. The van der Waals surface area contributed by atoms with E-state index in [0.29, 0.717) is 11.5 Å². The van der Waals surface area contributed by atoms with Gasteiger partial charge >= 0.3 is 11.9 Å². The predicted octanol–water partition coefficient (Wildman–Crippen LogP) is -1.54. The molecule has 14 nitrogen and oxygen atoms in total. The minimum Gasteiger partial charge on any atom is -0.744 e. The fraction of sp³-hybridized carbons (Fsp3) is 0.133. The fourth-order valence-electron chi connectivity index (χ4n) is 3.30. The van der Waals surface area contributed by atoms with Crippen molar-refractivity contribution in [3.8, 4) is 11.5 Å². The molecule has 0 heterocycles. The summed E-state index contributed by atoms with van der Waals surface area (Å²) < 4.78 is 75.3. The number of hydrogen-bond acceptors (Lipinski definition) is 8. The van der Waals surface area contributed by atoms with Crippen LogP contribution < -0.4 is 43.2 Å². The lowest BCUT2D eigenvalue weighted by Crippen LogP contribution is -2.51. The van der Waals surface area contributed by atoms with Gasteiger partial charge in [0.05, 0.1) is 9.79 Å². The van der Waals surface area contributed by atoms with Crippen LogP contribution in [0.3, 0.4) is 0 Å². The SMILES string of the molecule is NC(N)=[NH2+].NC(N)=[NH2+].O=S(=O)([O-])c1ccc(OCCOc2ccc(S(=O)(=O)[O-])cc2)cc1.c1ccc(CCc2ccccc2)cc1. The molecule has 0 amide bonds. The molecule has 0 aliphatic carbocycles. The summed E-state index contributed by atoms with van der Waals surface area (Å²) in [6.07, 6.45) is 2.26. The van der Waals surface area contributed by atoms with Crippen molar-refractivity contribution in [2.75, 3.05) is 13.2 Å². The van der Waals surface area contributed by atoms with Crippen LogP contribution in [-0.2, 0) is 33.1 Å². The molecule has 0 fully saturated rings. The van der Waals surface area contributed by atoms with Gasteiger partial charge in [0, 0.05) is 0 Å². The molecule has 16 heteroatoms. The third-order valence-electron chi connectivity index (χ3n) is 5.23. The molecule has 248 valence electrons. The van der Waals surface area contributed by atoms with Gasteiger partial charge in [-0.05, 0) is 72.5 Å². The van der Waals surface area contributed by atoms with Crippen molar-refractivity contribution in [2.24, 2.45) is 22.9 Å². The third-order valence-corrected chi connectivity index (χ3v) is 6.93. The zero-order chi connectivity index (χ0) is 34.6. The van der Waals surface area contributed by atoms with E-state index in [4.69, 9.17) is 9.47 Å². The molecular weight excluding hydrogens is 636 g/mol. The average molecular weight is 675 g/mol. The molecule has 0 saturated heterocycles. The second-order valence-electron chi connectivity index (χ2n) is 9.02. The van der Waals surface area contributed by atoms with Crippen molar-refractivity contribution in [2.45, 2.75) is 22.6 Å². The summed E-state index contributed by atoms with van der Waals surface area (Å²) in [6, 6.07) is 31.2. The molecule has 46 heavy (non-hydrogen) atoms. The Morgan fingerprint density at radius 2 is 0.783 bits per heavy atom. The van der Waals surface area contributed by atoms with Crippen LogP contribution in [0.5, 0.6) is 11.5 Å². The minimum absolute atomic E-state index is 0.0833. The van der Waals surface area contributed by atoms with Crippen molar-refractivity contribution < 1.29 is 46.2 Å². The van der Waals surface area contributed by atoms with E-state index in [2.05, 4.69) is 94.4 Å². The molecule has 0 aliphatic heterocycles. The van der Waals surface area contributed by atoms with Gasteiger partial charge in [-0.2, -0.15) is 0 Å². The molecule has 4 rings (SSSR count). The maximum Gasteiger partial charge on any atom is 0.336 e. The Kier molecular flexibility index (Phi) is 16.9. The highest BCUT2D eigenvalue weighted by molar-refractivity contribution is 7.86. The van der Waals surface area contributed by atoms with Crippen LogP contribution in [0.15, 0.2) is 119 Å². The van der Waals surface area contributed by atoms with Gasteiger partial charge in [0.15, 0.2) is 0 Å². The standard InChI is InChI=1S/C14H14O8S2.C14H14.2CH5N3/c15-23(16,17)13-5-1-11(2-6-13)21-9-10-22-12-3-7-14(8-4-12)24(18,19)20;1-3-7-13(8-4-1)11-12-14-9-5-2-6-10-14;2*2-1(3)4/h1-8H,9-10H2,(H,15,16,17)(H,18,19,20);1-10H,11-12H2;2*(H5,2,3,4). The Morgan fingerprint density at radius 1 is 0.522 bits per heavy atom. The van der Waals surface area contributed by atoms with Crippen LogP contribution in [0, 0.1) is 0 Å². The van der Waals surface area contributed by atoms with Gasteiger partial charge in [0.25, 0.3) is 0 Å². The van der Waals surface area contributed by atoms with Crippen molar-refractivity contribution in [3.05, 3.63) is 120 Å².